The Morgan fingerprint density at radius 3 is 2.27 bits per heavy atom. The van der Waals surface area contributed by atoms with Gasteiger partial charge in [0.2, 0.25) is 0 Å². The summed E-state index contributed by atoms with van der Waals surface area (Å²) in [5, 5.41) is 0. The van der Waals surface area contributed by atoms with Crippen molar-refractivity contribution in [2.75, 3.05) is 16.3 Å². The van der Waals surface area contributed by atoms with Gasteiger partial charge in [0, 0.05) is 41.8 Å². The number of hydrogen-bond acceptors (Lipinski definition) is 6. The summed E-state index contributed by atoms with van der Waals surface area (Å²) in [6, 6.07) is 18.8. The number of rotatable bonds is 6. The number of hydrogen-bond donors (Lipinski definition) is 1. The lowest BCUT2D eigenvalue weighted by Gasteiger charge is -2.28. The summed E-state index contributed by atoms with van der Waals surface area (Å²) < 4.78 is 32.6. The van der Waals surface area contributed by atoms with Gasteiger partial charge in [0.25, 0.3) is 0 Å². The van der Waals surface area contributed by atoms with Crippen molar-refractivity contribution in [3.05, 3.63) is 109 Å². The molecule has 0 aliphatic carbocycles. The van der Waals surface area contributed by atoms with Gasteiger partial charge in [0.15, 0.2) is 12.2 Å². The predicted octanol–water partition coefficient (Wildman–Crippen LogP) is 6.64. The van der Waals surface area contributed by atoms with E-state index in [4.69, 9.17) is 10.2 Å². The molecule has 2 amide bonds. The van der Waals surface area contributed by atoms with Crippen molar-refractivity contribution in [3.8, 4) is 22.6 Å². The van der Waals surface area contributed by atoms with Crippen LogP contribution in [0.4, 0.5) is 30.9 Å². The van der Waals surface area contributed by atoms with E-state index in [1.54, 1.807) is 48.7 Å². The molecule has 3 aromatic heterocycles. The Morgan fingerprint density at radius 2 is 1.55 bits per heavy atom. The topological polar surface area (TPSA) is 101 Å². The molecule has 0 spiro atoms. The summed E-state index contributed by atoms with van der Waals surface area (Å²) in [6.45, 7) is 0.799. The number of oxazole rings is 1. The van der Waals surface area contributed by atoms with Gasteiger partial charge in [-0.1, -0.05) is 12.1 Å². The molecule has 0 bridgehead atoms. The number of carbonyl (C=O) groups is 1. The van der Waals surface area contributed by atoms with Crippen molar-refractivity contribution in [1.29, 1.82) is 0 Å². The van der Waals surface area contributed by atoms with E-state index in [-0.39, 0.29) is 23.5 Å². The van der Waals surface area contributed by atoms with E-state index < -0.39 is 6.03 Å². The molecule has 0 saturated carbocycles. The van der Waals surface area contributed by atoms with Crippen LogP contribution < -0.4 is 15.5 Å². The molecule has 2 N–H and O–H groups in total. The number of nitrogens with two attached hydrogens (primary N) is 1. The monoisotopic (exact) mass is 538 g/mol. The van der Waals surface area contributed by atoms with Crippen LogP contribution in [0.5, 0.6) is 0 Å². The van der Waals surface area contributed by atoms with E-state index in [1.807, 2.05) is 6.07 Å². The highest BCUT2D eigenvalue weighted by atomic mass is 19.1. The highest BCUT2D eigenvalue weighted by molar-refractivity contribution is 5.97. The molecular weight excluding hydrogens is 514 g/mol. The maximum Gasteiger partial charge on any atom is 0.326 e. The molecule has 1 saturated heterocycles. The molecule has 40 heavy (non-hydrogen) atoms. The molecule has 1 fully saturated rings. The first-order valence-electron chi connectivity index (χ1n) is 12.7. The van der Waals surface area contributed by atoms with Gasteiger partial charge >= 0.3 is 6.03 Å². The number of amides is 2. The third-order valence-electron chi connectivity index (χ3n) is 6.94. The Morgan fingerprint density at radius 1 is 0.875 bits per heavy atom. The number of aromatic nitrogens is 3. The number of pyridine rings is 2. The normalized spacial score (nSPS) is 14.8. The zero-order chi connectivity index (χ0) is 27.6. The van der Waals surface area contributed by atoms with Gasteiger partial charge < -0.3 is 15.1 Å². The maximum absolute atomic E-state index is 13.5. The van der Waals surface area contributed by atoms with Crippen LogP contribution in [0.3, 0.4) is 0 Å². The average Bonchev–Trinajstić information content (AvgIpc) is 3.65. The molecule has 1 aliphatic heterocycles. The maximum atomic E-state index is 13.5. The minimum atomic E-state index is -0.762. The lowest BCUT2D eigenvalue weighted by molar-refractivity contribution is 0.256. The van der Waals surface area contributed by atoms with Crippen molar-refractivity contribution >= 4 is 23.4 Å². The van der Waals surface area contributed by atoms with Crippen LogP contribution in [0.25, 0.3) is 22.6 Å². The van der Waals surface area contributed by atoms with Crippen LogP contribution in [0.1, 0.15) is 24.4 Å². The molecule has 6 rings (SSSR count). The van der Waals surface area contributed by atoms with Crippen LogP contribution in [0, 0.1) is 11.6 Å². The smallest absolute Gasteiger partial charge is 0.326 e. The lowest BCUT2D eigenvalue weighted by Crippen LogP contribution is -2.33. The summed E-state index contributed by atoms with van der Waals surface area (Å²) in [4.78, 5) is 29.3. The second-order valence-corrected chi connectivity index (χ2v) is 9.39. The highest BCUT2D eigenvalue weighted by Crippen LogP contribution is 2.38. The number of carbonyl (C=O) groups excluding carboxylic acids is 1. The second-order valence-electron chi connectivity index (χ2n) is 9.39. The van der Waals surface area contributed by atoms with E-state index in [2.05, 4.69) is 19.9 Å². The van der Waals surface area contributed by atoms with Gasteiger partial charge in [-0.15, -0.1) is 0 Å². The van der Waals surface area contributed by atoms with Crippen LogP contribution in [-0.4, -0.2) is 27.5 Å². The molecule has 10 heteroatoms. The Balaban J connectivity index is 1.34. The van der Waals surface area contributed by atoms with Crippen molar-refractivity contribution in [2.45, 2.75) is 18.9 Å². The first kappa shape index (κ1) is 25.2. The first-order chi connectivity index (χ1) is 19.5. The lowest BCUT2D eigenvalue weighted by atomic mass is 10.0. The molecular formula is C30H24F2N6O2. The SMILES string of the molecule is NC(=O)N(c1cc(-c2ocnc2-c2ccc(F)cc2)ccn1)c1cc(N2CCCC2c2ccc(F)cc2)ccn1. The molecule has 8 nitrogen and oxygen atoms in total. The molecule has 1 atom stereocenters. The number of primary amides is 1. The minimum Gasteiger partial charge on any atom is -0.443 e. The number of nitrogens with zero attached hydrogens (tertiary/aromatic N) is 5. The number of benzene rings is 2. The number of anilines is 3. The predicted molar refractivity (Wildman–Crippen MR) is 147 cm³/mol. The van der Waals surface area contributed by atoms with Crippen molar-refractivity contribution in [1.82, 2.24) is 15.0 Å². The van der Waals surface area contributed by atoms with Crippen LogP contribution >= 0.6 is 0 Å². The van der Waals surface area contributed by atoms with Gasteiger partial charge in [0.05, 0.1) is 6.04 Å². The quantitative estimate of drug-likeness (QED) is 0.260. The fourth-order valence-corrected chi connectivity index (χ4v) is 5.11. The fraction of sp³-hybridized carbons (Fsp3) is 0.133. The zero-order valence-electron chi connectivity index (χ0n) is 21.2. The summed E-state index contributed by atoms with van der Waals surface area (Å²) >= 11 is 0. The van der Waals surface area contributed by atoms with Gasteiger partial charge in [-0.25, -0.2) is 33.4 Å². The van der Waals surface area contributed by atoms with Gasteiger partial charge in [-0.05, 0) is 73.0 Å². The van der Waals surface area contributed by atoms with E-state index in [0.717, 1.165) is 30.6 Å². The summed E-state index contributed by atoms with van der Waals surface area (Å²) in [7, 11) is 0. The van der Waals surface area contributed by atoms with E-state index in [9.17, 15) is 13.6 Å². The Labute approximate surface area is 228 Å². The molecule has 2 aromatic carbocycles. The third-order valence-corrected chi connectivity index (χ3v) is 6.94. The van der Waals surface area contributed by atoms with E-state index in [1.165, 1.54) is 41.8 Å². The summed E-state index contributed by atoms with van der Waals surface area (Å²) in [5.41, 5.74) is 9.48. The third kappa shape index (κ3) is 4.86. The molecule has 4 heterocycles. The summed E-state index contributed by atoms with van der Waals surface area (Å²) in [5.74, 6) is 0.343. The van der Waals surface area contributed by atoms with Gasteiger partial charge in [0.1, 0.15) is 29.0 Å². The molecule has 1 unspecified atom stereocenters. The molecule has 0 radical (unpaired) electrons. The Bertz CT molecular complexity index is 1660. The first-order valence-corrected chi connectivity index (χ1v) is 12.7. The molecule has 5 aromatic rings. The van der Waals surface area contributed by atoms with Gasteiger partial charge in [-0.2, -0.15) is 0 Å². The van der Waals surface area contributed by atoms with E-state index in [0.29, 0.717) is 28.4 Å². The van der Waals surface area contributed by atoms with Gasteiger partial charge in [-0.3, -0.25) is 0 Å². The Kier molecular flexibility index (Phi) is 6.65. The fourth-order valence-electron chi connectivity index (χ4n) is 5.11. The highest BCUT2D eigenvalue weighted by Gasteiger charge is 2.28. The Hall–Kier alpha value is -5.12. The molecule has 200 valence electrons. The van der Waals surface area contributed by atoms with Crippen LogP contribution in [0.2, 0.25) is 0 Å². The minimum absolute atomic E-state index is 0.0654. The molecule has 1 aliphatic rings. The van der Waals surface area contributed by atoms with E-state index >= 15 is 0 Å². The standard InChI is InChI=1S/C30H24F2N6O2/c31-22-7-3-19(4-8-22)25-2-1-15-37(25)24-12-14-35-27(17-24)38(30(33)39)26-16-21(11-13-34-26)29-28(36-18-40-29)20-5-9-23(32)10-6-20/h3-14,16-18,25H,1-2,15H2,(H2,33,39). The van der Waals surface area contributed by atoms with Crippen molar-refractivity contribution < 1.29 is 18.0 Å². The number of urea groups is 1. The zero-order valence-corrected chi connectivity index (χ0v) is 21.2. The second kappa shape index (κ2) is 10.6. The van der Waals surface area contributed by atoms with Crippen LogP contribution in [0.15, 0.2) is 96.0 Å². The summed E-state index contributed by atoms with van der Waals surface area (Å²) in [6.07, 6.45) is 6.34. The number of halogens is 2. The largest absolute Gasteiger partial charge is 0.443 e. The average molecular weight is 539 g/mol. The van der Waals surface area contributed by atoms with Crippen molar-refractivity contribution in [3.63, 3.8) is 0 Å². The van der Waals surface area contributed by atoms with Crippen molar-refractivity contribution in [2.24, 2.45) is 5.73 Å². The van der Waals surface area contributed by atoms with Crippen LogP contribution in [-0.2, 0) is 0 Å².